The van der Waals surface area contributed by atoms with Crippen LogP contribution in [0.5, 0.6) is 0 Å². The van der Waals surface area contributed by atoms with Crippen molar-refractivity contribution in [1.82, 2.24) is 5.32 Å². The summed E-state index contributed by atoms with van der Waals surface area (Å²) < 4.78 is 18.5. The third-order valence-corrected chi connectivity index (χ3v) is 2.76. The normalized spacial score (nSPS) is 9.94. The summed E-state index contributed by atoms with van der Waals surface area (Å²) in [5, 5.41) is 2.54. The van der Waals surface area contributed by atoms with Crippen LogP contribution >= 0.6 is 15.9 Å². The molecule has 0 saturated carbocycles. The number of amides is 1. The second kappa shape index (κ2) is 7.10. The summed E-state index contributed by atoms with van der Waals surface area (Å²) in [6.07, 6.45) is 0.0472. The van der Waals surface area contributed by atoms with E-state index in [1.54, 1.807) is 12.1 Å². The molecule has 1 amide bonds. The molecule has 1 aromatic rings. The standard InChI is InChI=1S/C12H13BrFNO3/c1-18-12(17)5-4-11(16)15-7-8-6-9(13)2-3-10(8)14/h2-3,6H,4-5,7H2,1H3,(H,15,16). The van der Waals surface area contributed by atoms with Gasteiger partial charge in [-0.3, -0.25) is 9.59 Å². The highest BCUT2D eigenvalue weighted by atomic mass is 79.9. The highest BCUT2D eigenvalue weighted by molar-refractivity contribution is 9.10. The summed E-state index contributed by atoms with van der Waals surface area (Å²) in [6, 6.07) is 4.49. The molecule has 0 aliphatic carbocycles. The fraction of sp³-hybridized carbons (Fsp3) is 0.333. The first-order valence-electron chi connectivity index (χ1n) is 5.30. The number of nitrogens with one attached hydrogen (secondary N) is 1. The third kappa shape index (κ3) is 4.83. The van der Waals surface area contributed by atoms with E-state index < -0.39 is 5.97 Å². The Morgan fingerprint density at radius 1 is 1.39 bits per heavy atom. The minimum atomic E-state index is -0.446. The Labute approximate surface area is 113 Å². The molecule has 0 radical (unpaired) electrons. The molecule has 0 spiro atoms. The summed E-state index contributed by atoms with van der Waals surface area (Å²) in [5.74, 6) is -1.15. The Hall–Kier alpha value is -1.43. The van der Waals surface area contributed by atoms with Crippen LogP contribution in [-0.2, 0) is 20.9 Å². The predicted molar refractivity (Wildman–Crippen MR) is 67.2 cm³/mol. The Morgan fingerprint density at radius 3 is 2.78 bits per heavy atom. The maximum Gasteiger partial charge on any atom is 0.306 e. The average molecular weight is 318 g/mol. The SMILES string of the molecule is COC(=O)CCC(=O)NCc1cc(Br)ccc1F. The van der Waals surface area contributed by atoms with Gasteiger partial charge in [-0.25, -0.2) is 4.39 Å². The Morgan fingerprint density at radius 2 is 2.11 bits per heavy atom. The largest absolute Gasteiger partial charge is 0.469 e. The molecule has 0 aliphatic rings. The van der Waals surface area contributed by atoms with Crippen LogP contribution in [0.25, 0.3) is 0 Å². The van der Waals surface area contributed by atoms with E-state index in [1.165, 1.54) is 13.2 Å². The van der Waals surface area contributed by atoms with E-state index >= 15 is 0 Å². The molecule has 98 valence electrons. The number of carbonyl (C=O) groups is 2. The van der Waals surface area contributed by atoms with Gasteiger partial charge in [0.25, 0.3) is 0 Å². The molecule has 18 heavy (non-hydrogen) atoms. The number of hydrogen-bond donors (Lipinski definition) is 1. The molecule has 0 bridgehead atoms. The molecule has 0 heterocycles. The lowest BCUT2D eigenvalue weighted by Gasteiger charge is -2.06. The maximum absolute atomic E-state index is 13.3. The van der Waals surface area contributed by atoms with Crippen molar-refractivity contribution in [2.24, 2.45) is 0 Å². The zero-order valence-electron chi connectivity index (χ0n) is 9.83. The first kappa shape index (κ1) is 14.6. The molecule has 0 saturated heterocycles. The van der Waals surface area contributed by atoms with Gasteiger partial charge >= 0.3 is 5.97 Å². The Balaban J connectivity index is 2.42. The zero-order chi connectivity index (χ0) is 13.5. The van der Waals surface area contributed by atoms with Crippen molar-refractivity contribution in [1.29, 1.82) is 0 Å². The van der Waals surface area contributed by atoms with Gasteiger partial charge in [-0.15, -0.1) is 0 Å². The van der Waals surface area contributed by atoms with Gasteiger partial charge in [-0.2, -0.15) is 0 Å². The van der Waals surface area contributed by atoms with Gasteiger partial charge in [0.1, 0.15) is 5.82 Å². The summed E-state index contributed by atoms with van der Waals surface area (Å²) in [6.45, 7) is 0.0886. The lowest BCUT2D eigenvalue weighted by Crippen LogP contribution is -2.23. The second-order valence-corrected chi connectivity index (χ2v) is 4.50. The Kier molecular flexibility index (Phi) is 5.77. The van der Waals surface area contributed by atoms with Crippen LogP contribution in [0.2, 0.25) is 0 Å². The summed E-state index contributed by atoms with van der Waals surface area (Å²) in [4.78, 5) is 22.2. The predicted octanol–water partition coefficient (Wildman–Crippen LogP) is 2.16. The van der Waals surface area contributed by atoms with E-state index in [2.05, 4.69) is 26.0 Å². The monoisotopic (exact) mass is 317 g/mol. The fourth-order valence-electron chi connectivity index (χ4n) is 1.28. The van der Waals surface area contributed by atoms with Crippen molar-refractivity contribution in [3.8, 4) is 0 Å². The molecule has 4 nitrogen and oxygen atoms in total. The first-order valence-corrected chi connectivity index (χ1v) is 6.09. The lowest BCUT2D eigenvalue weighted by atomic mass is 10.2. The van der Waals surface area contributed by atoms with E-state index in [9.17, 15) is 14.0 Å². The van der Waals surface area contributed by atoms with Crippen LogP contribution < -0.4 is 5.32 Å². The molecular formula is C12H13BrFNO3. The molecule has 0 atom stereocenters. The number of rotatable bonds is 5. The second-order valence-electron chi connectivity index (χ2n) is 3.59. The van der Waals surface area contributed by atoms with Gasteiger partial charge in [-0.05, 0) is 18.2 Å². The minimum Gasteiger partial charge on any atom is -0.469 e. The number of esters is 1. The van der Waals surface area contributed by atoms with Crippen LogP contribution in [0.15, 0.2) is 22.7 Å². The van der Waals surface area contributed by atoms with Crippen LogP contribution in [0.1, 0.15) is 18.4 Å². The lowest BCUT2D eigenvalue weighted by molar-refractivity contribution is -0.142. The van der Waals surface area contributed by atoms with Gasteiger partial charge in [0, 0.05) is 23.0 Å². The van der Waals surface area contributed by atoms with E-state index in [0.29, 0.717) is 5.56 Å². The van der Waals surface area contributed by atoms with E-state index in [0.717, 1.165) is 4.47 Å². The van der Waals surface area contributed by atoms with Crippen molar-refractivity contribution in [3.05, 3.63) is 34.1 Å². The number of ether oxygens (including phenoxy) is 1. The van der Waals surface area contributed by atoms with E-state index in [1.807, 2.05) is 0 Å². The van der Waals surface area contributed by atoms with Crippen molar-refractivity contribution in [2.45, 2.75) is 19.4 Å². The molecule has 0 unspecified atom stereocenters. The van der Waals surface area contributed by atoms with Gasteiger partial charge in [-0.1, -0.05) is 15.9 Å². The number of halogens is 2. The number of carbonyl (C=O) groups excluding carboxylic acids is 2. The summed E-state index contributed by atoms with van der Waals surface area (Å²) >= 11 is 3.22. The number of methoxy groups -OCH3 is 1. The zero-order valence-corrected chi connectivity index (χ0v) is 11.4. The third-order valence-electron chi connectivity index (χ3n) is 2.27. The highest BCUT2D eigenvalue weighted by Crippen LogP contribution is 2.15. The van der Waals surface area contributed by atoms with Gasteiger partial charge in [0.15, 0.2) is 0 Å². The van der Waals surface area contributed by atoms with Crippen molar-refractivity contribution < 1.29 is 18.7 Å². The quantitative estimate of drug-likeness (QED) is 0.847. The fourth-order valence-corrected chi connectivity index (χ4v) is 1.69. The molecule has 0 aromatic heterocycles. The van der Waals surface area contributed by atoms with Crippen LogP contribution in [0, 0.1) is 5.82 Å². The van der Waals surface area contributed by atoms with Gasteiger partial charge in [0.2, 0.25) is 5.91 Å². The van der Waals surface area contributed by atoms with Crippen molar-refractivity contribution >= 4 is 27.8 Å². The maximum atomic E-state index is 13.3. The van der Waals surface area contributed by atoms with Gasteiger partial charge in [0.05, 0.1) is 13.5 Å². The molecule has 1 aromatic carbocycles. The summed E-state index contributed by atoms with van der Waals surface area (Å²) in [5.41, 5.74) is 0.385. The molecule has 6 heteroatoms. The molecule has 1 rings (SSSR count). The average Bonchev–Trinajstić information content (AvgIpc) is 2.36. The Bertz CT molecular complexity index is 451. The number of benzene rings is 1. The van der Waals surface area contributed by atoms with Crippen LogP contribution in [0.3, 0.4) is 0 Å². The summed E-state index contributed by atoms with van der Waals surface area (Å²) in [7, 11) is 1.26. The number of hydrogen-bond acceptors (Lipinski definition) is 3. The van der Waals surface area contributed by atoms with Crippen LogP contribution in [-0.4, -0.2) is 19.0 Å². The van der Waals surface area contributed by atoms with E-state index in [4.69, 9.17) is 0 Å². The molecule has 1 N–H and O–H groups in total. The van der Waals surface area contributed by atoms with Gasteiger partial charge < -0.3 is 10.1 Å². The first-order chi connectivity index (χ1) is 8.52. The molecular weight excluding hydrogens is 305 g/mol. The molecule has 0 fully saturated rings. The highest BCUT2D eigenvalue weighted by Gasteiger charge is 2.08. The minimum absolute atomic E-state index is 0.0172. The molecule has 0 aliphatic heterocycles. The van der Waals surface area contributed by atoms with Crippen molar-refractivity contribution in [3.63, 3.8) is 0 Å². The van der Waals surface area contributed by atoms with Crippen LogP contribution in [0.4, 0.5) is 4.39 Å². The van der Waals surface area contributed by atoms with E-state index in [-0.39, 0.29) is 31.1 Å². The topological polar surface area (TPSA) is 55.4 Å². The smallest absolute Gasteiger partial charge is 0.306 e. The van der Waals surface area contributed by atoms with Crippen molar-refractivity contribution in [2.75, 3.05) is 7.11 Å².